The molecule has 0 spiro atoms. The summed E-state index contributed by atoms with van der Waals surface area (Å²) < 4.78 is 10.5. The van der Waals surface area contributed by atoms with E-state index in [9.17, 15) is 9.59 Å². The van der Waals surface area contributed by atoms with E-state index in [4.69, 9.17) is 9.47 Å². The van der Waals surface area contributed by atoms with E-state index in [2.05, 4.69) is 24.5 Å². The van der Waals surface area contributed by atoms with Crippen molar-refractivity contribution in [2.45, 2.75) is 37.0 Å². The molecule has 0 fully saturated rings. The average molecular weight is 427 g/mol. The van der Waals surface area contributed by atoms with E-state index >= 15 is 0 Å². The molecule has 2 aromatic carbocycles. The van der Waals surface area contributed by atoms with Crippen molar-refractivity contribution >= 4 is 29.5 Å². The van der Waals surface area contributed by atoms with Crippen molar-refractivity contribution < 1.29 is 19.1 Å². The highest BCUT2D eigenvalue weighted by atomic mass is 32.2. The van der Waals surface area contributed by atoms with Gasteiger partial charge in [0.1, 0.15) is 5.75 Å². The number of methoxy groups -OCH3 is 1. The third-order valence-corrected chi connectivity index (χ3v) is 5.55. The molecule has 0 aromatic heterocycles. The van der Waals surface area contributed by atoms with Crippen LogP contribution in [0.3, 0.4) is 0 Å². The van der Waals surface area contributed by atoms with E-state index in [0.29, 0.717) is 27.8 Å². The summed E-state index contributed by atoms with van der Waals surface area (Å²) in [6.07, 6.45) is 0. The molecule has 158 valence electrons. The van der Waals surface area contributed by atoms with Crippen LogP contribution >= 0.6 is 11.8 Å². The molecule has 1 heterocycles. The van der Waals surface area contributed by atoms with Gasteiger partial charge in [-0.2, -0.15) is 0 Å². The zero-order valence-corrected chi connectivity index (χ0v) is 18.3. The maximum Gasteiger partial charge on any atom is 0.338 e. The van der Waals surface area contributed by atoms with Crippen molar-refractivity contribution in [2.75, 3.05) is 13.7 Å². The van der Waals surface area contributed by atoms with Crippen molar-refractivity contribution in [3.63, 3.8) is 0 Å². The van der Waals surface area contributed by atoms with Crippen LogP contribution in [0, 0.1) is 0 Å². The minimum absolute atomic E-state index is 0.239. The number of hydrogen-bond donors (Lipinski definition) is 2. The van der Waals surface area contributed by atoms with Gasteiger partial charge in [-0.05, 0) is 54.4 Å². The second-order valence-electron chi connectivity index (χ2n) is 7.00. The van der Waals surface area contributed by atoms with Gasteiger partial charge in [-0.25, -0.2) is 9.59 Å². The Labute approximate surface area is 181 Å². The summed E-state index contributed by atoms with van der Waals surface area (Å²) in [6, 6.07) is 14.1. The van der Waals surface area contributed by atoms with Gasteiger partial charge < -0.3 is 20.1 Å². The summed E-state index contributed by atoms with van der Waals surface area (Å²) in [6.45, 7) is 6.26. The first-order valence-electron chi connectivity index (χ1n) is 9.82. The Morgan fingerprint density at radius 3 is 2.33 bits per heavy atom. The molecule has 7 heteroatoms. The van der Waals surface area contributed by atoms with Crippen LogP contribution in [0.5, 0.6) is 5.75 Å². The first-order chi connectivity index (χ1) is 14.4. The molecule has 1 unspecified atom stereocenters. The molecule has 0 radical (unpaired) electrons. The highest BCUT2D eigenvalue weighted by Gasteiger charge is 2.34. The normalized spacial score (nSPS) is 16.2. The number of carbonyl (C=O) groups excluding carboxylic acids is 2. The number of rotatable bonds is 7. The van der Waals surface area contributed by atoms with Crippen LogP contribution in [-0.4, -0.2) is 31.0 Å². The van der Waals surface area contributed by atoms with Crippen LogP contribution in [0.2, 0.25) is 0 Å². The third kappa shape index (κ3) is 4.97. The van der Waals surface area contributed by atoms with Gasteiger partial charge in [0.05, 0.1) is 31.0 Å². The quantitative estimate of drug-likeness (QED) is 0.503. The molecular weight excluding hydrogens is 400 g/mol. The minimum Gasteiger partial charge on any atom is -0.497 e. The highest BCUT2D eigenvalue weighted by Crippen LogP contribution is 2.33. The number of benzene rings is 2. The van der Waals surface area contributed by atoms with Crippen LogP contribution < -0.4 is 15.4 Å². The fourth-order valence-electron chi connectivity index (χ4n) is 3.24. The molecule has 1 atom stereocenters. The lowest BCUT2D eigenvalue weighted by Gasteiger charge is -2.29. The van der Waals surface area contributed by atoms with E-state index < -0.39 is 12.0 Å². The Morgan fingerprint density at radius 2 is 1.77 bits per heavy atom. The van der Waals surface area contributed by atoms with E-state index in [-0.39, 0.29) is 12.6 Å². The third-order valence-electron chi connectivity index (χ3n) is 4.53. The van der Waals surface area contributed by atoms with E-state index in [1.165, 1.54) is 0 Å². The Morgan fingerprint density at radius 1 is 1.10 bits per heavy atom. The van der Waals surface area contributed by atoms with Gasteiger partial charge in [-0.3, -0.25) is 0 Å². The Hall–Kier alpha value is -2.93. The largest absolute Gasteiger partial charge is 0.497 e. The maximum atomic E-state index is 12.9. The fraction of sp³-hybridized carbons (Fsp3) is 0.304. The zero-order chi connectivity index (χ0) is 21.7. The molecular formula is C23H26N2O4S. The van der Waals surface area contributed by atoms with Crippen LogP contribution in [0.15, 0.2) is 59.0 Å². The van der Waals surface area contributed by atoms with Gasteiger partial charge in [-0.1, -0.05) is 26.0 Å². The van der Waals surface area contributed by atoms with Gasteiger partial charge in [0.25, 0.3) is 0 Å². The molecule has 3 rings (SSSR count). The molecule has 1 aliphatic rings. The van der Waals surface area contributed by atoms with Crippen LogP contribution in [-0.2, 0) is 9.53 Å². The molecule has 2 amide bonds. The van der Waals surface area contributed by atoms with Gasteiger partial charge in [0, 0.05) is 10.1 Å². The predicted octanol–water partition coefficient (Wildman–Crippen LogP) is 4.52. The van der Waals surface area contributed by atoms with Gasteiger partial charge >= 0.3 is 12.0 Å². The number of amides is 2. The minimum atomic E-state index is -0.618. The molecule has 6 nitrogen and oxygen atoms in total. The van der Waals surface area contributed by atoms with Crippen LogP contribution in [0.4, 0.5) is 4.79 Å². The van der Waals surface area contributed by atoms with E-state index in [0.717, 1.165) is 10.5 Å². The van der Waals surface area contributed by atoms with Crippen molar-refractivity contribution in [3.05, 3.63) is 65.2 Å². The molecule has 2 aromatic rings. The first-order valence-corrected chi connectivity index (χ1v) is 10.7. The first kappa shape index (κ1) is 21.8. The van der Waals surface area contributed by atoms with Gasteiger partial charge in [0.2, 0.25) is 0 Å². The standard InChI is InChI=1S/C23H26N2O4S/c1-5-29-22(26)19-20(15-6-10-17(28-4)11-7-15)24-23(27)25-21(19)16-8-12-18(13-9-16)30-14(2)3/h6-14,21H,5H2,1-4H3,(H2,24,25,27). The number of thioether (sulfide) groups is 1. The lowest BCUT2D eigenvalue weighted by Crippen LogP contribution is -2.45. The topological polar surface area (TPSA) is 76.7 Å². The number of esters is 1. The molecule has 1 aliphatic heterocycles. The smallest absolute Gasteiger partial charge is 0.338 e. The maximum absolute atomic E-state index is 12.9. The summed E-state index contributed by atoms with van der Waals surface area (Å²) in [4.78, 5) is 26.5. The Kier molecular flexibility index (Phi) is 7.05. The molecule has 0 saturated carbocycles. The highest BCUT2D eigenvalue weighted by molar-refractivity contribution is 7.99. The van der Waals surface area contributed by atoms with Crippen molar-refractivity contribution in [1.82, 2.24) is 10.6 Å². The lowest BCUT2D eigenvalue weighted by molar-refractivity contribution is -0.138. The number of carbonyl (C=O) groups is 2. The predicted molar refractivity (Wildman–Crippen MR) is 118 cm³/mol. The summed E-state index contributed by atoms with van der Waals surface area (Å²) in [5.74, 6) is 0.216. The second-order valence-corrected chi connectivity index (χ2v) is 8.65. The van der Waals surface area contributed by atoms with Gasteiger partial charge in [0.15, 0.2) is 0 Å². The van der Waals surface area contributed by atoms with E-state index in [1.807, 2.05) is 24.3 Å². The Bertz CT molecular complexity index is 937. The number of nitrogens with one attached hydrogen (secondary N) is 2. The number of ether oxygens (including phenoxy) is 2. The zero-order valence-electron chi connectivity index (χ0n) is 17.5. The molecule has 0 aliphatic carbocycles. The number of urea groups is 1. The molecule has 2 N–H and O–H groups in total. The van der Waals surface area contributed by atoms with E-state index in [1.54, 1.807) is 50.1 Å². The summed E-state index contributed by atoms with van der Waals surface area (Å²) >= 11 is 1.76. The summed E-state index contributed by atoms with van der Waals surface area (Å²) in [7, 11) is 1.59. The molecule has 0 bridgehead atoms. The second kappa shape index (κ2) is 9.71. The fourth-order valence-corrected chi connectivity index (χ4v) is 4.08. The number of hydrogen-bond acceptors (Lipinski definition) is 5. The lowest BCUT2D eigenvalue weighted by atomic mass is 9.92. The van der Waals surface area contributed by atoms with Crippen LogP contribution in [0.25, 0.3) is 5.70 Å². The molecule has 30 heavy (non-hydrogen) atoms. The van der Waals surface area contributed by atoms with Crippen molar-refractivity contribution in [3.8, 4) is 5.75 Å². The van der Waals surface area contributed by atoms with Crippen molar-refractivity contribution in [2.24, 2.45) is 0 Å². The summed E-state index contributed by atoms with van der Waals surface area (Å²) in [5, 5.41) is 6.11. The molecule has 0 saturated heterocycles. The van der Waals surface area contributed by atoms with Gasteiger partial charge in [-0.15, -0.1) is 11.8 Å². The summed E-state index contributed by atoms with van der Waals surface area (Å²) in [5.41, 5.74) is 2.31. The van der Waals surface area contributed by atoms with Crippen LogP contribution in [0.1, 0.15) is 37.9 Å². The monoisotopic (exact) mass is 426 g/mol. The van der Waals surface area contributed by atoms with Crippen molar-refractivity contribution in [1.29, 1.82) is 0 Å². The average Bonchev–Trinajstić information content (AvgIpc) is 2.73. The Balaban J connectivity index is 2.07. The SMILES string of the molecule is CCOC(=O)C1=C(c2ccc(OC)cc2)NC(=O)NC1c1ccc(SC(C)C)cc1.